The number of piperazine rings is 1. The van der Waals surface area contributed by atoms with Crippen LogP contribution in [0.3, 0.4) is 0 Å². The quantitative estimate of drug-likeness (QED) is 0.800. The van der Waals surface area contributed by atoms with Crippen LogP contribution in [0.1, 0.15) is 10.4 Å². The van der Waals surface area contributed by atoms with Crippen molar-refractivity contribution in [2.75, 3.05) is 65.6 Å². The first-order valence-corrected chi connectivity index (χ1v) is 10.3. The van der Waals surface area contributed by atoms with E-state index in [0.29, 0.717) is 0 Å². The molecule has 2 aromatic carbocycles. The topological polar surface area (TPSA) is 36.0 Å². The minimum absolute atomic E-state index is 0.146. The molecule has 148 valence electrons. The van der Waals surface area contributed by atoms with Crippen LogP contribution in [-0.2, 0) is 4.74 Å². The number of benzene rings is 2. The Kier molecular flexibility index (Phi) is 6.37. The molecule has 2 fully saturated rings. The molecule has 0 N–H and O–H groups in total. The molecular weight excluding hydrogens is 350 g/mol. The molecule has 0 bridgehead atoms. The SMILES string of the molecule is O=C(c1ccccc1-c1ccccc1)N1CCN(CCN2CCOCC2)CC1. The predicted molar refractivity (Wildman–Crippen MR) is 111 cm³/mol. The van der Waals surface area contributed by atoms with Crippen LogP contribution in [0.4, 0.5) is 0 Å². The smallest absolute Gasteiger partial charge is 0.254 e. The summed E-state index contributed by atoms with van der Waals surface area (Å²) in [6.45, 7) is 9.43. The van der Waals surface area contributed by atoms with Gasteiger partial charge in [0.25, 0.3) is 5.91 Å². The van der Waals surface area contributed by atoms with Gasteiger partial charge >= 0.3 is 0 Å². The van der Waals surface area contributed by atoms with Crippen LogP contribution in [0, 0.1) is 0 Å². The second-order valence-corrected chi connectivity index (χ2v) is 7.50. The van der Waals surface area contributed by atoms with Gasteiger partial charge in [-0.25, -0.2) is 0 Å². The highest BCUT2D eigenvalue weighted by atomic mass is 16.5. The second kappa shape index (κ2) is 9.32. The largest absolute Gasteiger partial charge is 0.379 e. The molecule has 0 radical (unpaired) electrons. The average molecular weight is 380 g/mol. The summed E-state index contributed by atoms with van der Waals surface area (Å²) in [5.41, 5.74) is 2.91. The van der Waals surface area contributed by atoms with Gasteiger partial charge in [0, 0.05) is 57.9 Å². The Morgan fingerprint density at radius 1 is 0.750 bits per heavy atom. The fourth-order valence-electron chi connectivity index (χ4n) is 3.99. The lowest BCUT2D eigenvalue weighted by atomic mass is 9.98. The Balaban J connectivity index is 1.34. The standard InChI is InChI=1S/C23H29N3O2/c27-23(22-9-5-4-8-21(22)20-6-2-1-3-7-20)26-14-12-24(13-15-26)10-11-25-16-18-28-19-17-25/h1-9H,10-19H2. The molecule has 1 amide bonds. The molecule has 2 heterocycles. The van der Waals surface area contributed by atoms with Gasteiger partial charge in [0.15, 0.2) is 0 Å². The normalized spacial score (nSPS) is 18.9. The van der Waals surface area contributed by atoms with Crippen molar-refractivity contribution in [2.24, 2.45) is 0 Å². The number of ether oxygens (including phenoxy) is 1. The van der Waals surface area contributed by atoms with Gasteiger partial charge in [0.2, 0.25) is 0 Å². The van der Waals surface area contributed by atoms with E-state index in [1.807, 2.05) is 47.4 Å². The minimum Gasteiger partial charge on any atom is -0.379 e. The zero-order chi connectivity index (χ0) is 19.2. The number of carbonyl (C=O) groups excluding carboxylic acids is 1. The van der Waals surface area contributed by atoms with Crippen molar-refractivity contribution < 1.29 is 9.53 Å². The Hall–Kier alpha value is -2.21. The van der Waals surface area contributed by atoms with Gasteiger partial charge in [-0.3, -0.25) is 14.6 Å². The number of carbonyl (C=O) groups is 1. The van der Waals surface area contributed by atoms with Crippen molar-refractivity contribution >= 4 is 5.91 Å². The Morgan fingerprint density at radius 3 is 2.07 bits per heavy atom. The average Bonchev–Trinajstić information content (AvgIpc) is 2.79. The van der Waals surface area contributed by atoms with Gasteiger partial charge in [0.05, 0.1) is 13.2 Å². The van der Waals surface area contributed by atoms with E-state index in [2.05, 4.69) is 21.9 Å². The maximum atomic E-state index is 13.2. The van der Waals surface area contributed by atoms with Crippen molar-refractivity contribution in [3.05, 3.63) is 60.2 Å². The highest BCUT2D eigenvalue weighted by Crippen LogP contribution is 2.25. The number of amides is 1. The van der Waals surface area contributed by atoms with Gasteiger partial charge < -0.3 is 9.64 Å². The monoisotopic (exact) mass is 379 g/mol. The number of hydrogen-bond acceptors (Lipinski definition) is 4. The lowest BCUT2D eigenvalue weighted by molar-refractivity contribution is 0.0293. The zero-order valence-corrected chi connectivity index (χ0v) is 16.4. The van der Waals surface area contributed by atoms with E-state index >= 15 is 0 Å². The molecule has 0 aliphatic carbocycles. The lowest BCUT2D eigenvalue weighted by Gasteiger charge is -2.36. The molecule has 2 aliphatic heterocycles. The molecule has 5 heteroatoms. The van der Waals surface area contributed by atoms with Gasteiger partial charge in [-0.05, 0) is 17.2 Å². The van der Waals surface area contributed by atoms with E-state index in [1.165, 1.54) is 0 Å². The van der Waals surface area contributed by atoms with Crippen molar-refractivity contribution in [3.8, 4) is 11.1 Å². The van der Waals surface area contributed by atoms with Crippen LogP contribution in [-0.4, -0.2) is 86.2 Å². The summed E-state index contributed by atoms with van der Waals surface area (Å²) >= 11 is 0. The number of morpholine rings is 1. The van der Waals surface area contributed by atoms with Crippen molar-refractivity contribution in [1.29, 1.82) is 0 Å². The van der Waals surface area contributed by atoms with Crippen LogP contribution in [0.2, 0.25) is 0 Å². The van der Waals surface area contributed by atoms with E-state index in [-0.39, 0.29) is 5.91 Å². The van der Waals surface area contributed by atoms with Crippen molar-refractivity contribution in [3.63, 3.8) is 0 Å². The van der Waals surface area contributed by atoms with Gasteiger partial charge in [-0.2, -0.15) is 0 Å². The second-order valence-electron chi connectivity index (χ2n) is 7.50. The van der Waals surface area contributed by atoms with Crippen LogP contribution >= 0.6 is 0 Å². The first kappa shape index (κ1) is 19.1. The number of nitrogens with zero attached hydrogens (tertiary/aromatic N) is 3. The fraction of sp³-hybridized carbons (Fsp3) is 0.435. The van der Waals surface area contributed by atoms with E-state index < -0.39 is 0 Å². The molecule has 0 aromatic heterocycles. The summed E-state index contributed by atoms with van der Waals surface area (Å²) in [4.78, 5) is 20.1. The third kappa shape index (κ3) is 4.61. The van der Waals surface area contributed by atoms with E-state index in [9.17, 15) is 4.79 Å². The fourth-order valence-corrected chi connectivity index (χ4v) is 3.99. The first-order chi connectivity index (χ1) is 13.8. The van der Waals surface area contributed by atoms with Crippen LogP contribution < -0.4 is 0 Å². The number of hydrogen-bond donors (Lipinski definition) is 0. The predicted octanol–water partition coefficient (Wildman–Crippen LogP) is 2.44. The molecule has 2 aromatic rings. The molecule has 2 saturated heterocycles. The Labute approximate surface area is 167 Å². The molecule has 28 heavy (non-hydrogen) atoms. The molecular formula is C23H29N3O2. The lowest BCUT2D eigenvalue weighted by Crippen LogP contribution is -2.51. The summed E-state index contributed by atoms with van der Waals surface area (Å²) in [6.07, 6.45) is 0. The molecule has 0 spiro atoms. The molecule has 0 unspecified atom stereocenters. The van der Waals surface area contributed by atoms with Crippen LogP contribution in [0.25, 0.3) is 11.1 Å². The van der Waals surface area contributed by atoms with Gasteiger partial charge in [-0.1, -0.05) is 48.5 Å². The molecule has 0 saturated carbocycles. The molecule has 5 nitrogen and oxygen atoms in total. The highest BCUT2D eigenvalue weighted by Gasteiger charge is 2.24. The first-order valence-electron chi connectivity index (χ1n) is 10.3. The van der Waals surface area contributed by atoms with E-state index in [4.69, 9.17) is 4.74 Å². The number of rotatable bonds is 5. The molecule has 0 atom stereocenters. The third-order valence-corrected chi connectivity index (χ3v) is 5.74. The summed E-state index contributed by atoms with van der Waals surface area (Å²) < 4.78 is 5.42. The summed E-state index contributed by atoms with van der Waals surface area (Å²) in [5.74, 6) is 0.146. The summed E-state index contributed by atoms with van der Waals surface area (Å²) in [6, 6.07) is 18.1. The van der Waals surface area contributed by atoms with E-state index in [0.717, 1.165) is 82.3 Å². The summed E-state index contributed by atoms with van der Waals surface area (Å²) in [7, 11) is 0. The van der Waals surface area contributed by atoms with Crippen molar-refractivity contribution in [1.82, 2.24) is 14.7 Å². The Bertz CT molecular complexity index is 766. The van der Waals surface area contributed by atoms with Crippen molar-refractivity contribution in [2.45, 2.75) is 0 Å². The summed E-state index contributed by atoms with van der Waals surface area (Å²) in [5, 5.41) is 0. The Morgan fingerprint density at radius 2 is 1.36 bits per heavy atom. The highest BCUT2D eigenvalue weighted by molar-refractivity contribution is 6.00. The van der Waals surface area contributed by atoms with Gasteiger partial charge in [0.1, 0.15) is 0 Å². The zero-order valence-electron chi connectivity index (χ0n) is 16.4. The maximum Gasteiger partial charge on any atom is 0.254 e. The van der Waals surface area contributed by atoms with E-state index in [1.54, 1.807) is 0 Å². The minimum atomic E-state index is 0.146. The molecule has 4 rings (SSSR count). The molecule has 2 aliphatic rings. The van der Waals surface area contributed by atoms with Crippen LogP contribution in [0.5, 0.6) is 0 Å². The van der Waals surface area contributed by atoms with Crippen LogP contribution in [0.15, 0.2) is 54.6 Å². The van der Waals surface area contributed by atoms with Gasteiger partial charge in [-0.15, -0.1) is 0 Å². The maximum absolute atomic E-state index is 13.2. The third-order valence-electron chi connectivity index (χ3n) is 5.74.